The molecule has 0 saturated carbocycles. The second kappa shape index (κ2) is 6.97. The van der Waals surface area contributed by atoms with Crippen molar-refractivity contribution in [1.29, 1.82) is 0 Å². The predicted molar refractivity (Wildman–Crippen MR) is 96.3 cm³/mol. The van der Waals surface area contributed by atoms with Crippen LogP contribution >= 0.6 is 15.9 Å². The molecular formula is C17H15BrN2O4S. The van der Waals surface area contributed by atoms with Crippen LogP contribution < -0.4 is 5.32 Å². The molecule has 0 unspecified atom stereocenters. The van der Waals surface area contributed by atoms with Crippen molar-refractivity contribution >= 4 is 43.5 Å². The first-order valence-corrected chi connectivity index (χ1v) is 9.81. The number of carbonyl (C=O) groups is 2. The fraction of sp³-hybridized carbons (Fsp3) is 0.176. The number of halogens is 1. The topological polar surface area (TPSA) is 83.6 Å². The molecule has 130 valence electrons. The Morgan fingerprint density at radius 3 is 2.52 bits per heavy atom. The summed E-state index contributed by atoms with van der Waals surface area (Å²) in [5, 5.41) is 2.67. The fourth-order valence-corrected chi connectivity index (χ4v) is 4.72. The Balaban J connectivity index is 1.88. The van der Waals surface area contributed by atoms with Crippen LogP contribution in [0.25, 0.3) is 0 Å². The van der Waals surface area contributed by atoms with E-state index in [9.17, 15) is 18.0 Å². The third-order valence-electron chi connectivity index (χ3n) is 3.86. The van der Waals surface area contributed by atoms with Crippen molar-refractivity contribution in [2.45, 2.75) is 23.8 Å². The van der Waals surface area contributed by atoms with Gasteiger partial charge in [0.25, 0.3) is 10.0 Å². The van der Waals surface area contributed by atoms with Gasteiger partial charge in [0.05, 0.1) is 4.90 Å². The van der Waals surface area contributed by atoms with Gasteiger partial charge in [-0.2, -0.15) is 0 Å². The molecule has 3 rings (SSSR count). The molecule has 1 fully saturated rings. The smallest absolute Gasteiger partial charge is 0.267 e. The van der Waals surface area contributed by atoms with Gasteiger partial charge in [-0.1, -0.05) is 40.2 Å². The molecule has 2 amide bonds. The van der Waals surface area contributed by atoms with Crippen LogP contribution in [0.15, 0.2) is 64.0 Å². The van der Waals surface area contributed by atoms with E-state index in [2.05, 4.69) is 21.2 Å². The number of hydrogen-bond donors (Lipinski definition) is 1. The van der Waals surface area contributed by atoms with Gasteiger partial charge < -0.3 is 5.32 Å². The summed E-state index contributed by atoms with van der Waals surface area (Å²) in [6.07, 6.45) is 0.174. The minimum atomic E-state index is -4.07. The molecule has 1 atom stereocenters. The Kier molecular flexibility index (Phi) is 4.91. The van der Waals surface area contributed by atoms with Gasteiger partial charge in [0, 0.05) is 16.6 Å². The van der Waals surface area contributed by atoms with Gasteiger partial charge in [0.15, 0.2) is 0 Å². The largest absolute Gasteiger partial charge is 0.324 e. The molecule has 2 aromatic rings. The Morgan fingerprint density at radius 2 is 1.84 bits per heavy atom. The van der Waals surface area contributed by atoms with Crippen LogP contribution in [0.5, 0.6) is 0 Å². The third kappa shape index (κ3) is 3.59. The van der Waals surface area contributed by atoms with Crippen molar-refractivity contribution in [1.82, 2.24) is 4.31 Å². The summed E-state index contributed by atoms with van der Waals surface area (Å²) in [6.45, 7) is 0. The Bertz CT molecular complexity index is 915. The summed E-state index contributed by atoms with van der Waals surface area (Å²) >= 11 is 3.31. The number of sulfonamides is 1. The van der Waals surface area contributed by atoms with Crippen molar-refractivity contribution in [3.05, 3.63) is 59.1 Å². The summed E-state index contributed by atoms with van der Waals surface area (Å²) in [7, 11) is -4.07. The summed E-state index contributed by atoms with van der Waals surface area (Å²) in [5.41, 5.74) is 0.524. The summed E-state index contributed by atoms with van der Waals surface area (Å²) in [4.78, 5) is 24.7. The van der Waals surface area contributed by atoms with E-state index in [1.165, 1.54) is 12.1 Å². The van der Waals surface area contributed by atoms with E-state index < -0.39 is 27.9 Å². The molecule has 8 heteroatoms. The van der Waals surface area contributed by atoms with Crippen LogP contribution in [0.1, 0.15) is 12.8 Å². The van der Waals surface area contributed by atoms with Gasteiger partial charge >= 0.3 is 0 Å². The zero-order valence-electron chi connectivity index (χ0n) is 13.1. The molecule has 2 aromatic carbocycles. The average molecular weight is 423 g/mol. The number of nitrogens with zero attached hydrogens (tertiary/aromatic N) is 1. The molecular weight excluding hydrogens is 408 g/mol. The van der Waals surface area contributed by atoms with Crippen LogP contribution in [-0.4, -0.2) is 30.6 Å². The van der Waals surface area contributed by atoms with E-state index in [4.69, 9.17) is 0 Å². The van der Waals surface area contributed by atoms with Gasteiger partial charge in [-0.3, -0.25) is 9.59 Å². The number of carbonyl (C=O) groups excluding carboxylic acids is 2. The molecule has 1 heterocycles. The van der Waals surface area contributed by atoms with E-state index in [-0.39, 0.29) is 17.7 Å². The molecule has 6 nitrogen and oxygen atoms in total. The lowest BCUT2D eigenvalue weighted by Gasteiger charge is -2.23. The van der Waals surface area contributed by atoms with E-state index in [0.717, 1.165) is 4.47 Å². The van der Waals surface area contributed by atoms with Gasteiger partial charge in [-0.25, -0.2) is 12.7 Å². The maximum Gasteiger partial charge on any atom is 0.267 e. The molecule has 1 aliphatic rings. The molecule has 0 spiro atoms. The number of nitrogens with one attached hydrogen (secondary N) is 1. The van der Waals surface area contributed by atoms with Gasteiger partial charge in [0.2, 0.25) is 11.8 Å². The molecule has 1 aliphatic heterocycles. The summed E-state index contributed by atoms with van der Waals surface area (Å²) in [6, 6.07) is 13.5. The normalized spacial score (nSPS) is 17.6. The van der Waals surface area contributed by atoms with Crippen LogP contribution in [0.4, 0.5) is 5.69 Å². The Hall–Kier alpha value is -2.19. The first-order chi connectivity index (χ1) is 11.9. The van der Waals surface area contributed by atoms with Crippen LogP contribution in [0.3, 0.4) is 0 Å². The van der Waals surface area contributed by atoms with E-state index in [1.807, 2.05) is 0 Å². The Labute approximate surface area is 154 Å². The van der Waals surface area contributed by atoms with Crippen LogP contribution in [-0.2, 0) is 19.6 Å². The van der Waals surface area contributed by atoms with E-state index in [1.54, 1.807) is 42.5 Å². The number of rotatable bonds is 4. The lowest BCUT2D eigenvalue weighted by atomic mass is 10.2. The number of benzene rings is 2. The Morgan fingerprint density at radius 1 is 1.12 bits per heavy atom. The van der Waals surface area contributed by atoms with Gasteiger partial charge in [-0.15, -0.1) is 0 Å². The maximum absolute atomic E-state index is 12.8. The molecule has 0 aliphatic carbocycles. The zero-order chi connectivity index (χ0) is 18.0. The van der Waals surface area contributed by atoms with Crippen LogP contribution in [0, 0.1) is 0 Å². The maximum atomic E-state index is 12.8. The van der Waals surface area contributed by atoms with Gasteiger partial charge in [-0.05, 0) is 36.8 Å². The highest BCUT2D eigenvalue weighted by Crippen LogP contribution is 2.28. The minimum Gasteiger partial charge on any atom is -0.324 e. The van der Waals surface area contributed by atoms with Crippen LogP contribution in [0.2, 0.25) is 0 Å². The molecule has 0 radical (unpaired) electrons. The SMILES string of the molecule is O=C(Nc1cccc(Br)c1)[C@H]1CCC(=O)N1S(=O)(=O)c1ccccc1. The van der Waals surface area contributed by atoms with E-state index in [0.29, 0.717) is 9.99 Å². The fourth-order valence-electron chi connectivity index (χ4n) is 2.70. The lowest BCUT2D eigenvalue weighted by Crippen LogP contribution is -2.45. The summed E-state index contributed by atoms with van der Waals surface area (Å²) in [5.74, 6) is -1.10. The van der Waals surface area contributed by atoms with E-state index >= 15 is 0 Å². The molecule has 0 bridgehead atoms. The second-order valence-electron chi connectivity index (χ2n) is 5.56. The first-order valence-electron chi connectivity index (χ1n) is 7.58. The second-order valence-corrected chi connectivity index (χ2v) is 8.29. The van der Waals surface area contributed by atoms with Crippen molar-refractivity contribution in [2.75, 3.05) is 5.32 Å². The number of amides is 2. The third-order valence-corrected chi connectivity index (χ3v) is 6.19. The van der Waals surface area contributed by atoms with Crippen molar-refractivity contribution in [3.8, 4) is 0 Å². The summed E-state index contributed by atoms with van der Waals surface area (Å²) < 4.78 is 27.1. The predicted octanol–water partition coefficient (Wildman–Crippen LogP) is 2.77. The first kappa shape index (κ1) is 17.6. The molecule has 1 N–H and O–H groups in total. The van der Waals surface area contributed by atoms with Crippen molar-refractivity contribution < 1.29 is 18.0 Å². The highest BCUT2D eigenvalue weighted by atomic mass is 79.9. The number of hydrogen-bond acceptors (Lipinski definition) is 4. The highest BCUT2D eigenvalue weighted by Gasteiger charge is 2.44. The molecule has 25 heavy (non-hydrogen) atoms. The van der Waals surface area contributed by atoms with Crippen molar-refractivity contribution in [3.63, 3.8) is 0 Å². The molecule has 0 aromatic heterocycles. The quantitative estimate of drug-likeness (QED) is 0.820. The van der Waals surface area contributed by atoms with Crippen molar-refractivity contribution in [2.24, 2.45) is 0 Å². The average Bonchev–Trinajstić information content (AvgIpc) is 2.98. The lowest BCUT2D eigenvalue weighted by molar-refractivity contribution is -0.128. The standard InChI is InChI=1S/C17H15BrN2O4S/c18-12-5-4-6-13(11-12)19-17(22)15-9-10-16(21)20(15)25(23,24)14-7-2-1-3-8-14/h1-8,11,15H,9-10H2,(H,19,22)/t15-/m1/s1. The number of anilines is 1. The van der Waals surface area contributed by atoms with Gasteiger partial charge in [0.1, 0.15) is 6.04 Å². The molecule has 1 saturated heterocycles. The minimum absolute atomic E-state index is 0.00879. The highest BCUT2D eigenvalue weighted by molar-refractivity contribution is 9.10. The zero-order valence-corrected chi connectivity index (χ0v) is 15.5. The monoisotopic (exact) mass is 422 g/mol.